The number of amidine groups is 1. The SMILES string of the molecule is CO[C@@]1(C)C[C@@H](C)C(=O)[C@@H](C)C(=O)O[C@@H](F)[C@]2(C)OC(=O)[C@@H](/C(N)=N/OCc3ccccc3)[C@@H]2[C@@H](C)C(=O)[C@H](C)C1. The molecule has 0 amide bonds. The van der Waals surface area contributed by atoms with Gasteiger partial charge in [-0.2, -0.15) is 4.39 Å². The molecule has 1 aromatic rings. The van der Waals surface area contributed by atoms with Crippen LogP contribution in [0.25, 0.3) is 0 Å². The average Bonchev–Trinajstić information content (AvgIpc) is 3.22. The van der Waals surface area contributed by atoms with Crippen molar-refractivity contribution in [1.82, 2.24) is 0 Å². The molecule has 0 bridgehead atoms. The van der Waals surface area contributed by atoms with E-state index in [2.05, 4.69) is 5.16 Å². The fourth-order valence-electron chi connectivity index (χ4n) is 6.16. The minimum absolute atomic E-state index is 0.0556. The fourth-order valence-corrected chi connectivity index (χ4v) is 6.16. The number of carbonyl (C=O) groups excluding carboxylic acids is 4. The summed E-state index contributed by atoms with van der Waals surface area (Å²) in [5.74, 6) is -9.16. The molecular weight excluding hydrogens is 535 g/mol. The summed E-state index contributed by atoms with van der Waals surface area (Å²) in [6, 6.07) is 9.11. The Morgan fingerprint density at radius 2 is 1.59 bits per heavy atom. The number of esters is 2. The molecule has 226 valence electrons. The maximum Gasteiger partial charge on any atom is 0.318 e. The number of Topliss-reactive ketones (excluding diaryl/α,β-unsaturated/α-hetero) is 2. The van der Waals surface area contributed by atoms with E-state index in [0.717, 1.165) is 5.56 Å². The summed E-state index contributed by atoms with van der Waals surface area (Å²) in [7, 11) is 1.50. The van der Waals surface area contributed by atoms with Gasteiger partial charge in [0.15, 0.2) is 11.4 Å². The smallest absolute Gasteiger partial charge is 0.318 e. The van der Waals surface area contributed by atoms with Crippen molar-refractivity contribution in [1.29, 1.82) is 0 Å². The van der Waals surface area contributed by atoms with Gasteiger partial charge in [-0.15, -0.1) is 0 Å². The second kappa shape index (κ2) is 12.7. The molecule has 0 radical (unpaired) electrons. The minimum atomic E-state index is -2.49. The molecule has 3 rings (SSSR count). The number of ether oxygens (including phenoxy) is 3. The van der Waals surface area contributed by atoms with Crippen LogP contribution in [-0.2, 0) is 44.8 Å². The lowest BCUT2D eigenvalue weighted by atomic mass is 9.69. The summed E-state index contributed by atoms with van der Waals surface area (Å²) >= 11 is 0. The number of fused-ring (bicyclic) bond motifs is 1. The second-order valence-electron chi connectivity index (χ2n) is 11.8. The van der Waals surface area contributed by atoms with Crippen LogP contribution in [0.5, 0.6) is 0 Å². The summed E-state index contributed by atoms with van der Waals surface area (Å²) in [5, 5.41) is 3.90. The fraction of sp³-hybridized carbons (Fsp3) is 0.633. The summed E-state index contributed by atoms with van der Waals surface area (Å²) in [6.07, 6.45) is -2.01. The van der Waals surface area contributed by atoms with E-state index in [9.17, 15) is 19.2 Å². The Morgan fingerprint density at radius 3 is 2.17 bits per heavy atom. The van der Waals surface area contributed by atoms with Crippen LogP contribution in [-0.4, -0.2) is 54.0 Å². The van der Waals surface area contributed by atoms with Crippen molar-refractivity contribution in [2.24, 2.45) is 46.4 Å². The van der Waals surface area contributed by atoms with Gasteiger partial charge in [-0.1, -0.05) is 56.3 Å². The van der Waals surface area contributed by atoms with Gasteiger partial charge in [0.1, 0.15) is 30.0 Å². The highest BCUT2D eigenvalue weighted by atomic mass is 19.1. The molecule has 1 aromatic carbocycles. The van der Waals surface area contributed by atoms with Gasteiger partial charge in [0, 0.05) is 30.8 Å². The maximum atomic E-state index is 15.9. The van der Waals surface area contributed by atoms with Crippen molar-refractivity contribution in [2.45, 2.75) is 78.6 Å². The van der Waals surface area contributed by atoms with Crippen LogP contribution in [0.15, 0.2) is 35.5 Å². The average molecular weight is 577 g/mol. The molecule has 2 aliphatic heterocycles. The third-order valence-corrected chi connectivity index (χ3v) is 8.54. The number of methoxy groups -OCH3 is 1. The Hall–Kier alpha value is -3.34. The molecule has 2 aliphatic rings. The van der Waals surface area contributed by atoms with E-state index >= 15 is 4.39 Å². The normalized spacial score (nSPS) is 37.6. The van der Waals surface area contributed by atoms with Crippen molar-refractivity contribution in [3.05, 3.63) is 35.9 Å². The highest BCUT2D eigenvalue weighted by Crippen LogP contribution is 2.47. The Morgan fingerprint density at radius 1 is 1.00 bits per heavy atom. The van der Waals surface area contributed by atoms with Crippen LogP contribution in [0.1, 0.15) is 59.9 Å². The van der Waals surface area contributed by atoms with E-state index in [0.29, 0.717) is 0 Å². The molecule has 0 spiro atoms. The lowest BCUT2D eigenvalue weighted by Gasteiger charge is -2.38. The molecule has 41 heavy (non-hydrogen) atoms. The van der Waals surface area contributed by atoms with E-state index in [4.69, 9.17) is 24.8 Å². The van der Waals surface area contributed by atoms with Crippen molar-refractivity contribution in [2.75, 3.05) is 7.11 Å². The van der Waals surface area contributed by atoms with Crippen LogP contribution in [0.3, 0.4) is 0 Å². The number of benzene rings is 1. The minimum Gasteiger partial charge on any atom is -0.451 e. The van der Waals surface area contributed by atoms with Gasteiger partial charge in [-0.05, 0) is 39.2 Å². The molecule has 0 aliphatic carbocycles. The molecule has 2 heterocycles. The zero-order valence-electron chi connectivity index (χ0n) is 24.7. The van der Waals surface area contributed by atoms with E-state index in [1.807, 2.05) is 30.3 Å². The predicted molar refractivity (Wildman–Crippen MR) is 147 cm³/mol. The molecule has 0 aromatic heterocycles. The molecule has 0 unspecified atom stereocenters. The van der Waals surface area contributed by atoms with Crippen LogP contribution in [0.2, 0.25) is 0 Å². The number of carbonyl (C=O) groups is 4. The monoisotopic (exact) mass is 576 g/mol. The lowest BCUT2D eigenvalue weighted by Crippen LogP contribution is -2.52. The van der Waals surface area contributed by atoms with Crippen LogP contribution in [0.4, 0.5) is 4.39 Å². The first-order valence-electron chi connectivity index (χ1n) is 13.8. The number of hydrogen-bond donors (Lipinski definition) is 1. The van der Waals surface area contributed by atoms with Crippen LogP contribution < -0.4 is 5.73 Å². The number of halogens is 1. The van der Waals surface area contributed by atoms with E-state index in [1.165, 1.54) is 21.0 Å². The van der Waals surface area contributed by atoms with Crippen molar-refractivity contribution in [3.63, 3.8) is 0 Å². The van der Waals surface area contributed by atoms with Gasteiger partial charge < -0.3 is 24.8 Å². The van der Waals surface area contributed by atoms with E-state index in [1.54, 1.807) is 27.7 Å². The number of nitrogens with two attached hydrogens (primary N) is 1. The number of hydrogen-bond acceptors (Lipinski definition) is 9. The van der Waals surface area contributed by atoms with Gasteiger partial charge in [-0.3, -0.25) is 19.2 Å². The summed E-state index contributed by atoms with van der Waals surface area (Å²) < 4.78 is 32.3. The summed E-state index contributed by atoms with van der Waals surface area (Å²) in [4.78, 5) is 58.3. The molecule has 10 nitrogen and oxygen atoms in total. The Balaban J connectivity index is 2.03. The molecule has 0 saturated carbocycles. The van der Waals surface area contributed by atoms with E-state index < -0.39 is 70.8 Å². The van der Waals surface area contributed by atoms with Gasteiger partial charge in [0.25, 0.3) is 6.36 Å². The first-order chi connectivity index (χ1) is 19.1. The third-order valence-electron chi connectivity index (χ3n) is 8.54. The zero-order chi connectivity index (χ0) is 30.7. The van der Waals surface area contributed by atoms with Crippen LogP contribution in [0, 0.1) is 35.5 Å². The zero-order valence-corrected chi connectivity index (χ0v) is 24.7. The molecule has 11 heteroatoms. The first-order valence-corrected chi connectivity index (χ1v) is 13.8. The molecular formula is C30H41FN2O8. The Kier molecular flexibility index (Phi) is 9.94. The molecule has 2 fully saturated rings. The van der Waals surface area contributed by atoms with Gasteiger partial charge in [0.2, 0.25) is 0 Å². The first kappa shape index (κ1) is 32.2. The summed E-state index contributed by atoms with van der Waals surface area (Å²) in [5.41, 5.74) is 4.03. The molecule has 9 atom stereocenters. The van der Waals surface area contributed by atoms with Crippen molar-refractivity contribution in [3.8, 4) is 0 Å². The number of nitrogens with zero attached hydrogens (tertiary/aromatic N) is 1. The molecule has 2 saturated heterocycles. The Bertz CT molecular complexity index is 1180. The number of rotatable bonds is 5. The van der Waals surface area contributed by atoms with Crippen LogP contribution >= 0.6 is 0 Å². The summed E-state index contributed by atoms with van der Waals surface area (Å²) in [6.45, 7) is 9.38. The number of cyclic esters (lactones) is 1. The van der Waals surface area contributed by atoms with Crippen molar-refractivity contribution < 1.29 is 42.6 Å². The standard InChI is InChI=1S/C30H41FN2O8/c1-16-13-29(5,38-7)14-17(2)24(35)19(4)26(36)40-28(31)30(6)22(18(3)23(16)34)21(27(37)41-30)25(32)33-39-15-20-11-9-8-10-12-20/h8-12,16-19,21-22,28H,13-15H2,1-7H3,(H2,32,33)/t16-,17-,18-,19-,21-,22+,28-,29-,30-/m1/s1. The second-order valence-corrected chi connectivity index (χ2v) is 11.8. The lowest BCUT2D eigenvalue weighted by molar-refractivity contribution is -0.206. The number of oxime groups is 1. The highest BCUT2D eigenvalue weighted by molar-refractivity contribution is 6.03. The van der Waals surface area contributed by atoms with Gasteiger partial charge >= 0.3 is 11.9 Å². The largest absolute Gasteiger partial charge is 0.451 e. The maximum absolute atomic E-state index is 15.9. The Labute approximate surface area is 240 Å². The number of ketones is 2. The molecule has 2 N–H and O–H groups in total. The predicted octanol–water partition coefficient (Wildman–Crippen LogP) is 3.74. The number of alkyl halides is 1. The van der Waals surface area contributed by atoms with Gasteiger partial charge in [0.05, 0.1) is 5.60 Å². The van der Waals surface area contributed by atoms with Gasteiger partial charge in [-0.25, -0.2) is 0 Å². The third kappa shape index (κ3) is 6.77. The van der Waals surface area contributed by atoms with Crippen molar-refractivity contribution >= 4 is 29.3 Å². The van der Waals surface area contributed by atoms with E-state index in [-0.39, 0.29) is 31.1 Å². The topological polar surface area (TPSA) is 144 Å². The quantitative estimate of drug-likeness (QED) is 0.182. The highest BCUT2D eigenvalue weighted by Gasteiger charge is 2.63.